The fourth-order valence-electron chi connectivity index (χ4n) is 2.46. The number of nitrogens with zero attached hydrogens (tertiary/aromatic N) is 3. The van der Waals surface area contributed by atoms with Crippen LogP contribution in [0, 0.1) is 5.92 Å². The van der Waals surface area contributed by atoms with Crippen LogP contribution < -0.4 is 21.7 Å². The van der Waals surface area contributed by atoms with E-state index in [4.69, 9.17) is 11.5 Å². The predicted molar refractivity (Wildman–Crippen MR) is 77.1 cm³/mol. The Hall–Kier alpha value is -1.56. The van der Waals surface area contributed by atoms with Crippen LogP contribution in [0.5, 0.6) is 0 Å². The summed E-state index contributed by atoms with van der Waals surface area (Å²) in [6.07, 6.45) is 3.61. The van der Waals surface area contributed by atoms with Crippen molar-refractivity contribution in [3.8, 4) is 0 Å². The Kier molecular flexibility index (Phi) is 2.97. The number of aromatic nitrogens is 2. The van der Waals surface area contributed by atoms with Gasteiger partial charge in [-0.15, -0.1) is 0 Å². The third-order valence-electron chi connectivity index (χ3n) is 3.83. The molecule has 1 aromatic heterocycles. The Labute approximate surface area is 113 Å². The van der Waals surface area contributed by atoms with Crippen LogP contribution in [-0.2, 0) is 0 Å². The van der Waals surface area contributed by atoms with Gasteiger partial charge >= 0.3 is 0 Å². The van der Waals surface area contributed by atoms with Gasteiger partial charge < -0.3 is 21.7 Å². The van der Waals surface area contributed by atoms with Crippen LogP contribution in [0.15, 0.2) is 6.07 Å². The zero-order valence-electron chi connectivity index (χ0n) is 11.4. The second-order valence-electron chi connectivity index (χ2n) is 6.12. The lowest BCUT2D eigenvalue weighted by Crippen LogP contribution is -2.39. The lowest BCUT2D eigenvalue weighted by molar-refractivity contribution is 0.524. The highest BCUT2D eigenvalue weighted by molar-refractivity contribution is 5.53. The molecule has 6 heteroatoms. The maximum Gasteiger partial charge on any atom is 0.223 e. The van der Waals surface area contributed by atoms with Gasteiger partial charge in [0.2, 0.25) is 5.95 Å². The van der Waals surface area contributed by atoms with Crippen molar-refractivity contribution >= 4 is 17.6 Å². The minimum absolute atomic E-state index is 0.138. The van der Waals surface area contributed by atoms with E-state index in [0.717, 1.165) is 43.6 Å². The zero-order chi connectivity index (χ0) is 13.5. The SMILES string of the molecule is CC1(N)CCN(c2cc(NCC3CC3)nc(N)n2)C1. The van der Waals surface area contributed by atoms with Crippen LogP contribution in [0.4, 0.5) is 17.6 Å². The fraction of sp³-hybridized carbons (Fsp3) is 0.692. The van der Waals surface area contributed by atoms with Crippen molar-refractivity contribution < 1.29 is 0 Å². The third kappa shape index (κ3) is 3.07. The number of anilines is 3. The molecule has 6 nitrogen and oxygen atoms in total. The van der Waals surface area contributed by atoms with Crippen molar-refractivity contribution in [3.63, 3.8) is 0 Å². The summed E-state index contributed by atoms with van der Waals surface area (Å²) in [5, 5.41) is 3.34. The molecule has 1 atom stereocenters. The summed E-state index contributed by atoms with van der Waals surface area (Å²) >= 11 is 0. The van der Waals surface area contributed by atoms with E-state index >= 15 is 0 Å². The third-order valence-corrected chi connectivity index (χ3v) is 3.83. The second kappa shape index (κ2) is 4.52. The summed E-state index contributed by atoms with van der Waals surface area (Å²) < 4.78 is 0. The molecule has 0 amide bonds. The first-order valence-corrected chi connectivity index (χ1v) is 6.94. The van der Waals surface area contributed by atoms with E-state index in [1.54, 1.807) is 0 Å². The molecular formula is C13H22N6. The van der Waals surface area contributed by atoms with Gasteiger partial charge in [-0.3, -0.25) is 0 Å². The lowest BCUT2D eigenvalue weighted by atomic mass is 10.0. The number of hydrogen-bond acceptors (Lipinski definition) is 6. The number of nitrogens with two attached hydrogens (primary N) is 2. The van der Waals surface area contributed by atoms with E-state index in [-0.39, 0.29) is 5.54 Å². The Morgan fingerprint density at radius 3 is 2.89 bits per heavy atom. The Morgan fingerprint density at radius 1 is 1.47 bits per heavy atom. The molecule has 5 N–H and O–H groups in total. The highest BCUT2D eigenvalue weighted by Gasteiger charge is 2.31. The first-order valence-electron chi connectivity index (χ1n) is 6.94. The van der Waals surface area contributed by atoms with Crippen LogP contribution in [0.3, 0.4) is 0 Å². The van der Waals surface area contributed by atoms with Crippen molar-refractivity contribution in [2.24, 2.45) is 11.7 Å². The molecule has 2 aliphatic rings. The summed E-state index contributed by atoms with van der Waals surface area (Å²) in [6.45, 7) is 4.78. The molecule has 0 bridgehead atoms. The highest BCUT2D eigenvalue weighted by atomic mass is 15.3. The van der Waals surface area contributed by atoms with Crippen LogP contribution in [-0.4, -0.2) is 35.1 Å². The van der Waals surface area contributed by atoms with Gasteiger partial charge in [0.25, 0.3) is 0 Å². The van der Waals surface area contributed by atoms with Crippen LogP contribution in [0.2, 0.25) is 0 Å². The van der Waals surface area contributed by atoms with E-state index in [9.17, 15) is 0 Å². The van der Waals surface area contributed by atoms with Gasteiger partial charge in [-0.25, -0.2) is 0 Å². The normalized spacial score (nSPS) is 26.7. The minimum Gasteiger partial charge on any atom is -0.370 e. The van der Waals surface area contributed by atoms with Crippen molar-refractivity contribution in [1.29, 1.82) is 0 Å². The number of hydrogen-bond donors (Lipinski definition) is 3. The van der Waals surface area contributed by atoms with Gasteiger partial charge in [0.15, 0.2) is 0 Å². The van der Waals surface area contributed by atoms with Gasteiger partial charge in [-0.05, 0) is 32.1 Å². The molecule has 0 aromatic carbocycles. The highest BCUT2D eigenvalue weighted by Crippen LogP contribution is 2.29. The van der Waals surface area contributed by atoms with Gasteiger partial charge in [-0.2, -0.15) is 9.97 Å². The summed E-state index contributed by atoms with van der Waals surface area (Å²) in [4.78, 5) is 10.7. The van der Waals surface area contributed by atoms with E-state index in [0.29, 0.717) is 5.95 Å². The molecule has 1 saturated heterocycles. The van der Waals surface area contributed by atoms with E-state index < -0.39 is 0 Å². The van der Waals surface area contributed by atoms with Crippen molar-refractivity contribution in [2.45, 2.75) is 31.7 Å². The monoisotopic (exact) mass is 262 g/mol. The molecule has 3 rings (SSSR count). The quantitative estimate of drug-likeness (QED) is 0.743. The standard InChI is InChI=1S/C13H22N6/c1-13(15)4-5-19(8-13)11-6-10(17-12(14)18-11)16-7-9-2-3-9/h6,9H,2-5,7-8,15H2,1H3,(H3,14,16,17,18). The van der Waals surface area contributed by atoms with E-state index in [1.165, 1.54) is 12.8 Å². The van der Waals surface area contributed by atoms with E-state index in [2.05, 4.69) is 27.1 Å². The molecule has 1 saturated carbocycles. The second-order valence-corrected chi connectivity index (χ2v) is 6.12. The summed E-state index contributed by atoms with van der Waals surface area (Å²) in [5.74, 6) is 2.82. The minimum atomic E-state index is -0.138. The Balaban J connectivity index is 1.73. The summed E-state index contributed by atoms with van der Waals surface area (Å²) in [6, 6.07) is 1.97. The average molecular weight is 262 g/mol. The summed E-state index contributed by atoms with van der Waals surface area (Å²) in [7, 11) is 0. The van der Waals surface area contributed by atoms with Crippen LogP contribution in [0.1, 0.15) is 26.2 Å². The fourth-order valence-corrected chi connectivity index (χ4v) is 2.46. The molecule has 19 heavy (non-hydrogen) atoms. The molecule has 2 heterocycles. The molecule has 1 aromatic rings. The molecular weight excluding hydrogens is 240 g/mol. The van der Waals surface area contributed by atoms with Crippen LogP contribution in [0.25, 0.3) is 0 Å². The summed E-state index contributed by atoms with van der Waals surface area (Å²) in [5.41, 5.74) is 11.8. The lowest BCUT2D eigenvalue weighted by Gasteiger charge is -2.21. The topological polar surface area (TPSA) is 93.1 Å². The van der Waals surface area contributed by atoms with Crippen LogP contribution >= 0.6 is 0 Å². The maximum atomic E-state index is 6.16. The predicted octanol–water partition coefficient (Wildman–Crippen LogP) is 0.808. The first kappa shape index (κ1) is 12.5. The van der Waals surface area contributed by atoms with Gasteiger partial charge in [-0.1, -0.05) is 0 Å². The Bertz CT molecular complexity index is 468. The molecule has 104 valence electrons. The molecule has 0 spiro atoms. The number of rotatable bonds is 4. The van der Waals surface area contributed by atoms with Crippen molar-refractivity contribution in [2.75, 3.05) is 35.6 Å². The Morgan fingerprint density at radius 2 is 2.26 bits per heavy atom. The smallest absolute Gasteiger partial charge is 0.223 e. The molecule has 1 aliphatic heterocycles. The van der Waals surface area contributed by atoms with Gasteiger partial charge in [0.1, 0.15) is 11.6 Å². The van der Waals surface area contributed by atoms with E-state index in [1.807, 2.05) is 6.07 Å². The number of nitrogens with one attached hydrogen (secondary N) is 1. The average Bonchev–Trinajstić information content (AvgIpc) is 3.09. The van der Waals surface area contributed by atoms with Crippen molar-refractivity contribution in [3.05, 3.63) is 6.07 Å². The zero-order valence-corrected chi connectivity index (χ0v) is 11.4. The van der Waals surface area contributed by atoms with Crippen molar-refractivity contribution in [1.82, 2.24) is 9.97 Å². The van der Waals surface area contributed by atoms with Gasteiger partial charge in [0.05, 0.1) is 0 Å². The largest absolute Gasteiger partial charge is 0.370 e. The first-order chi connectivity index (χ1) is 9.02. The molecule has 2 fully saturated rings. The van der Waals surface area contributed by atoms with Gasteiger partial charge in [0, 0.05) is 31.2 Å². The molecule has 1 aliphatic carbocycles. The molecule has 0 radical (unpaired) electrons. The molecule has 1 unspecified atom stereocenters. The maximum absolute atomic E-state index is 6.16. The number of nitrogen functional groups attached to an aromatic ring is 1.